The van der Waals surface area contributed by atoms with Crippen LogP contribution in [0.1, 0.15) is 0 Å². The number of amides is 1. The van der Waals surface area contributed by atoms with Crippen molar-refractivity contribution in [3.05, 3.63) is 58.6 Å². The first kappa shape index (κ1) is 17.6. The molecule has 0 aliphatic carbocycles. The van der Waals surface area contributed by atoms with Gasteiger partial charge in [0.25, 0.3) is 15.9 Å². The highest BCUT2D eigenvalue weighted by Crippen LogP contribution is 2.28. The zero-order valence-electron chi connectivity index (χ0n) is 11.7. The standard InChI is InChI=1S/C14H13Cl2N3O3S/c15-12-7-6-11(8-13(12)16)23(21,22)19(9-14(20)18-17)10-4-2-1-3-5-10/h1-8H,9,17H2,(H,18,20). The van der Waals surface area contributed by atoms with Gasteiger partial charge in [-0.15, -0.1) is 0 Å². The number of hydrogen-bond acceptors (Lipinski definition) is 4. The molecule has 0 atom stereocenters. The van der Waals surface area contributed by atoms with Crippen LogP contribution in [0.25, 0.3) is 0 Å². The van der Waals surface area contributed by atoms with Gasteiger partial charge >= 0.3 is 0 Å². The van der Waals surface area contributed by atoms with Gasteiger partial charge < -0.3 is 0 Å². The van der Waals surface area contributed by atoms with E-state index in [9.17, 15) is 13.2 Å². The lowest BCUT2D eigenvalue weighted by molar-refractivity contribution is -0.119. The number of nitrogens with one attached hydrogen (secondary N) is 1. The van der Waals surface area contributed by atoms with E-state index in [4.69, 9.17) is 29.0 Å². The van der Waals surface area contributed by atoms with Gasteiger partial charge in [-0.05, 0) is 30.3 Å². The minimum atomic E-state index is -4.02. The average molecular weight is 374 g/mol. The summed E-state index contributed by atoms with van der Waals surface area (Å²) in [6.45, 7) is -0.469. The number of hydrazine groups is 1. The molecule has 0 saturated carbocycles. The summed E-state index contributed by atoms with van der Waals surface area (Å²) in [5.41, 5.74) is 2.24. The van der Waals surface area contributed by atoms with Crippen molar-refractivity contribution < 1.29 is 13.2 Å². The van der Waals surface area contributed by atoms with Crippen molar-refractivity contribution in [2.24, 2.45) is 5.84 Å². The molecular weight excluding hydrogens is 361 g/mol. The summed E-state index contributed by atoms with van der Waals surface area (Å²) in [6.07, 6.45) is 0. The summed E-state index contributed by atoms with van der Waals surface area (Å²) >= 11 is 11.7. The highest BCUT2D eigenvalue weighted by Gasteiger charge is 2.27. The van der Waals surface area contributed by atoms with Gasteiger partial charge in [-0.25, -0.2) is 14.3 Å². The Morgan fingerprint density at radius 3 is 2.30 bits per heavy atom. The van der Waals surface area contributed by atoms with E-state index in [1.807, 2.05) is 5.43 Å². The fourth-order valence-electron chi connectivity index (χ4n) is 1.85. The second-order valence-electron chi connectivity index (χ2n) is 4.49. The Morgan fingerprint density at radius 2 is 1.74 bits per heavy atom. The molecule has 2 aromatic carbocycles. The average Bonchev–Trinajstić information content (AvgIpc) is 2.55. The third-order valence-corrected chi connectivity index (χ3v) is 5.48. The molecule has 6 nitrogen and oxygen atoms in total. The molecule has 0 bridgehead atoms. The van der Waals surface area contributed by atoms with Gasteiger partial charge in [0.05, 0.1) is 20.6 Å². The number of carbonyl (C=O) groups excluding carboxylic acids is 1. The van der Waals surface area contributed by atoms with Gasteiger partial charge in [0.1, 0.15) is 6.54 Å². The normalized spacial score (nSPS) is 11.1. The van der Waals surface area contributed by atoms with Gasteiger partial charge in [0, 0.05) is 0 Å². The maximum atomic E-state index is 12.9. The van der Waals surface area contributed by atoms with Crippen LogP contribution in [0.2, 0.25) is 10.0 Å². The molecule has 0 radical (unpaired) electrons. The molecule has 0 aliphatic rings. The van der Waals surface area contributed by atoms with Crippen LogP contribution in [0.3, 0.4) is 0 Å². The summed E-state index contributed by atoms with van der Waals surface area (Å²) in [5.74, 6) is 4.41. The van der Waals surface area contributed by atoms with Gasteiger partial charge in [0.2, 0.25) is 0 Å². The van der Waals surface area contributed by atoms with Crippen molar-refractivity contribution >= 4 is 44.8 Å². The van der Waals surface area contributed by atoms with Crippen molar-refractivity contribution in [2.45, 2.75) is 4.90 Å². The van der Waals surface area contributed by atoms with Crippen molar-refractivity contribution in [3.8, 4) is 0 Å². The summed E-state index contributed by atoms with van der Waals surface area (Å²) in [7, 11) is -4.02. The Hall–Kier alpha value is -1.80. The Labute approximate surface area is 143 Å². The minimum Gasteiger partial charge on any atom is -0.293 e. The molecule has 23 heavy (non-hydrogen) atoms. The summed E-state index contributed by atoms with van der Waals surface area (Å²) in [6, 6.07) is 12.1. The first-order chi connectivity index (χ1) is 10.9. The van der Waals surface area contributed by atoms with Gasteiger partial charge in [-0.2, -0.15) is 0 Å². The molecule has 0 heterocycles. The van der Waals surface area contributed by atoms with Crippen LogP contribution in [-0.2, 0) is 14.8 Å². The highest BCUT2D eigenvalue weighted by molar-refractivity contribution is 7.92. The molecule has 0 saturated heterocycles. The number of nitrogens with two attached hydrogens (primary N) is 1. The number of carbonyl (C=O) groups is 1. The number of anilines is 1. The molecule has 0 spiro atoms. The van der Waals surface area contributed by atoms with Crippen LogP contribution in [-0.4, -0.2) is 20.9 Å². The zero-order chi connectivity index (χ0) is 17.0. The monoisotopic (exact) mass is 373 g/mol. The largest absolute Gasteiger partial charge is 0.293 e. The first-order valence-corrected chi connectivity index (χ1v) is 8.58. The molecule has 2 aromatic rings. The number of benzene rings is 2. The number of hydrogen-bond donors (Lipinski definition) is 2. The molecular formula is C14H13Cl2N3O3S. The van der Waals surface area contributed by atoms with E-state index in [-0.39, 0.29) is 14.9 Å². The van der Waals surface area contributed by atoms with E-state index >= 15 is 0 Å². The first-order valence-electron chi connectivity index (χ1n) is 6.38. The number of para-hydroxylation sites is 1. The van der Waals surface area contributed by atoms with Crippen molar-refractivity contribution in [3.63, 3.8) is 0 Å². The van der Waals surface area contributed by atoms with Gasteiger partial charge in [-0.3, -0.25) is 14.5 Å². The SMILES string of the molecule is NNC(=O)CN(c1ccccc1)S(=O)(=O)c1ccc(Cl)c(Cl)c1. The predicted octanol–water partition coefficient (Wildman–Crippen LogP) is 2.18. The number of rotatable bonds is 5. The van der Waals surface area contributed by atoms with E-state index in [1.54, 1.807) is 30.3 Å². The molecule has 2 rings (SSSR count). The Bertz CT molecular complexity index is 813. The van der Waals surface area contributed by atoms with E-state index in [0.717, 1.165) is 4.31 Å². The maximum Gasteiger partial charge on any atom is 0.264 e. The van der Waals surface area contributed by atoms with Crippen molar-refractivity contribution in [1.82, 2.24) is 5.43 Å². The molecule has 122 valence electrons. The number of sulfonamides is 1. The smallest absolute Gasteiger partial charge is 0.264 e. The Morgan fingerprint density at radius 1 is 1.09 bits per heavy atom. The molecule has 0 unspecified atom stereocenters. The number of nitrogens with zero attached hydrogens (tertiary/aromatic N) is 1. The lowest BCUT2D eigenvalue weighted by Crippen LogP contribution is -2.43. The fourth-order valence-corrected chi connectivity index (χ4v) is 3.66. The summed E-state index contributed by atoms with van der Waals surface area (Å²) in [5, 5.41) is 0.334. The zero-order valence-corrected chi connectivity index (χ0v) is 14.1. The molecule has 9 heteroatoms. The van der Waals surface area contributed by atoms with E-state index < -0.39 is 22.5 Å². The lowest BCUT2D eigenvalue weighted by Gasteiger charge is -2.23. The second kappa shape index (κ2) is 7.18. The third-order valence-electron chi connectivity index (χ3n) is 2.97. The molecule has 3 N–H and O–H groups in total. The van der Waals surface area contributed by atoms with E-state index in [1.165, 1.54) is 18.2 Å². The number of halogens is 2. The Balaban J connectivity index is 2.52. The summed E-state index contributed by atoms with van der Waals surface area (Å²) < 4.78 is 26.6. The summed E-state index contributed by atoms with van der Waals surface area (Å²) in [4.78, 5) is 11.5. The van der Waals surface area contributed by atoms with Crippen LogP contribution in [0.15, 0.2) is 53.4 Å². The highest BCUT2D eigenvalue weighted by atomic mass is 35.5. The van der Waals surface area contributed by atoms with Crippen LogP contribution in [0.5, 0.6) is 0 Å². The maximum absolute atomic E-state index is 12.9. The topological polar surface area (TPSA) is 92.5 Å². The van der Waals surface area contributed by atoms with E-state index in [0.29, 0.717) is 5.69 Å². The van der Waals surface area contributed by atoms with Crippen molar-refractivity contribution in [2.75, 3.05) is 10.8 Å². The predicted molar refractivity (Wildman–Crippen MR) is 89.8 cm³/mol. The van der Waals surface area contributed by atoms with E-state index in [2.05, 4.69) is 0 Å². The Kier molecular flexibility index (Phi) is 5.48. The van der Waals surface area contributed by atoms with Crippen LogP contribution < -0.4 is 15.6 Å². The molecule has 0 aliphatic heterocycles. The van der Waals surface area contributed by atoms with Crippen LogP contribution in [0.4, 0.5) is 5.69 Å². The third kappa shape index (κ3) is 3.94. The minimum absolute atomic E-state index is 0.0828. The van der Waals surface area contributed by atoms with Crippen LogP contribution in [0, 0.1) is 0 Å². The molecule has 0 aromatic heterocycles. The lowest BCUT2D eigenvalue weighted by atomic mass is 10.3. The van der Waals surface area contributed by atoms with Crippen LogP contribution >= 0.6 is 23.2 Å². The van der Waals surface area contributed by atoms with Crippen molar-refractivity contribution in [1.29, 1.82) is 0 Å². The van der Waals surface area contributed by atoms with Gasteiger partial charge in [-0.1, -0.05) is 41.4 Å². The quantitative estimate of drug-likeness (QED) is 0.477. The fraction of sp³-hybridized carbons (Fsp3) is 0.0714. The molecule has 1 amide bonds. The van der Waals surface area contributed by atoms with Gasteiger partial charge in [0.15, 0.2) is 0 Å². The second-order valence-corrected chi connectivity index (χ2v) is 7.17. The molecule has 0 fully saturated rings.